The summed E-state index contributed by atoms with van der Waals surface area (Å²) in [6, 6.07) is 2.06. The molecule has 0 unspecified atom stereocenters. The van der Waals surface area contributed by atoms with Crippen molar-refractivity contribution in [3.05, 3.63) is 30.0 Å². The maximum absolute atomic E-state index is 13.2. The zero-order valence-corrected chi connectivity index (χ0v) is 10.6. The van der Waals surface area contributed by atoms with E-state index in [4.69, 9.17) is 5.11 Å². The van der Waals surface area contributed by atoms with Crippen molar-refractivity contribution < 1.29 is 13.9 Å². The summed E-state index contributed by atoms with van der Waals surface area (Å²) in [6.45, 7) is 3.15. The van der Waals surface area contributed by atoms with E-state index in [9.17, 15) is 8.78 Å². The second-order valence-electron chi connectivity index (χ2n) is 4.19. The van der Waals surface area contributed by atoms with E-state index in [1.807, 2.05) is 11.8 Å². The smallest absolute Gasteiger partial charge is 0.161 e. The van der Waals surface area contributed by atoms with E-state index in [2.05, 4.69) is 9.97 Å². The molecule has 0 bridgehead atoms. The topological polar surface area (TPSA) is 49.2 Å². The van der Waals surface area contributed by atoms with Crippen LogP contribution < -0.4 is 4.90 Å². The number of aromatic nitrogens is 2. The number of rotatable bonds is 5. The predicted molar refractivity (Wildman–Crippen MR) is 69.0 cm³/mol. The van der Waals surface area contributed by atoms with E-state index in [0.29, 0.717) is 29.9 Å². The lowest BCUT2D eigenvalue weighted by Gasteiger charge is -2.21. The van der Waals surface area contributed by atoms with Crippen LogP contribution in [0.3, 0.4) is 0 Å². The van der Waals surface area contributed by atoms with Crippen LogP contribution in [0.1, 0.15) is 13.3 Å². The third kappa shape index (κ3) is 2.96. The van der Waals surface area contributed by atoms with Gasteiger partial charge in [0.2, 0.25) is 0 Å². The van der Waals surface area contributed by atoms with Gasteiger partial charge >= 0.3 is 0 Å². The number of aliphatic hydroxyl groups excluding tert-OH is 1. The lowest BCUT2D eigenvalue weighted by molar-refractivity contribution is 0.301. The van der Waals surface area contributed by atoms with Gasteiger partial charge in [0.15, 0.2) is 11.6 Å². The normalized spacial score (nSPS) is 10.9. The summed E-state index contributed by atoms with van der Waals surface area (Å²) < 4.78 is 26.2. The highest BCUT2D eigenvalue weighted by atomic mass is 19.2. The van der Waals surface area contributed by atoms with Crippen LogP contribution >= 0.6 is 0 Å². The standard InChI is InChI=1S/C13H15F2N3O/c1-2-3-18(4-5-19)13-8-16-11-6-9(14)10(15)7-12(11)17-13/h6-8,19H,2-5H2,1H3. The number of hydrogen-bond acceptors (Lipinski definition) is 4. The number of nitrogens with zero attached hydrogens (tertiary/aromatic N) is 3. The Labute approximate surface area is 109 Å². The molecular weight excluding hydrogens is 252 g/mol. The molecule has 1 aromatic heterocycles. The fraction of sp³-hybridized carbons (Fsp3) is 0.385. The van der Waals surface area contributed by atoms with E-state index >= 15 is 0 Å². The van der Waals surface area contributed by atoms with Gasteiger partial charge in [0.25, 0.3) is 0 Å². The Balaban J connectivity index is 2.41. The fourth-order valence-corrected chi connectivity index (χ4v) is 1.88. The zero-order chi connectivity index (χ0) is 13.8. The minimum Gasteiger partial charge on any atom is -0.395 e. The minimum atomic E-state index is -0.942. The molecule has 0 aliphatic heterocycles. The Bertz CT molecular complexity index is 571. The molecule has 0 aliphatic rings. The average Bonchev–Trinajstić information content (AvgIpc) is 2.39. The highest BCUT2D eigenvalue weighted by Crippen LogP contribution is 2.18. The van der Waals surface area contributed by atoms with Crippen LogP contribution in [0.5, 0.6) is 0 Å². The van der Waals surface area contributed by atoms with Gasteiger partial charge < -0.3 is 10.0 Å². The van der Waals surface area contributed by atoms with Gasteiger partial charge in [-0.3, -0.25) is 4.98 Å². The monoisotopic (exact) mass is 267 g/mol. The molecular formula is C13H15F2N3O. The summed E-state index contributed by atoms with van der Waals surface area (Å²) >= 11 is 0. The predicted octanol–water partition coefficient (Wildman–Crippen LogP) is 2.12. The van der Waals surface area contributed by atoms with Crippen molar-refractivity contribution in [2.45, 2.75) is 13.3 Å². The number of halogens is 2. The molecule has 6 heteroatoms. The van der Waals surface area contributed by atoms with E-state index in [-0.39, 0.29) is 6.61 Å². The summed E-state index contributed by atoms with van der Waals surface area (Å²) in [6.07, 6.45) is 2.39. The summed E-state index contributed by atoms with van der Waals surface area (Å²) in [4.78, 5) is 10.2. The number of aliphatic hydroxyl groups is 1. The molecule has 4 nitrogen and oxygen atoms in total. The Kier molecular flexibility index (Phi) is 4.21. The first-order chi connectivity index (χ1) is 9.15. The third-order valence-electron chi connectivity index (χ3n) is 2.76. The Hall–Kier alpha value is -1.82. The molecule has 0 saturated heterocycles. The summed E-state index contributed by atoms with van der Waals surface area (Å²) in [5.41, 5.74) is 0.610. The van der Waals surface area contributed by atoms with Crippen LogP contribution in [0.15, 0.2) is 18.3 Å². The van der Waals surface area contributed by atoms with Gasteiger partial charge in [-0.25, -0.2) is 13.8 Å². The number of fused-ring (bicyclic) bond motifs is 1. The average molecular weight is 267 g/mol. The van der Waals surface area contributed by atoms with Crippen LogP contribution in [-0.2, 0) is 0 Å². The Morgan fingerprint density at radius 1 is 1.16 bits per heavy atom. The van der Waals surface area contributed by atoms with Crippen molar-refractivity contribution in [3.8, 4) is 0 Å². The van der Waals surface area contributed by atoms with E-state index in [0.717, 1.165) is 18.6 Å². The molecule has 0 saturated carbocycles. The second kappa shape index (κ2) is 5.88. The maximum Gasteiger partial charge on any atom is 0.161 e. The molecule has 0 spiro atoms. The van der Waals surface area contributed by atoms with Gasteiger partial charge in [-0.1, -0.05) is 6.92 Å². The van der Waals surface area contributed by atoms with Crippen molar-refractivity contribution in [1.82, 2.24) is 9.97 Å². The van der Waals surface area contributed by atoms with E-state index in [1.54, 1.807) is 0 Å². The number of benzene rings is 1. The van der Waals surface area contributed by atoms with E-state index in [1.165, 1.54) is 6.20 Å². The molecule has 0 aliphatic carbocycles. The lowest BCUT2D eigenvalue weighted by Crippen LogP contribution is -2.28. The van der Waals surface area contributed by atoms with Gasteiger partial charge in [-0.15, -0.1) is 0 Å². The number of hydrogen-bond donors (Lipinski definition) is 1. The molecule has 0 fully saturated rings. The van der Waals surface area contributed by atoms with Gasteiger partial charge in [-0.05, 0) is 6.42 Å². The van der Waals surface area contributed by atoms with Crippen molar-refractivity contribution >= 4 is 16.9 Å². The highest BCUT2D eigenvalue weighted by molar-refractivity contribution is 5.75. The van der Waals surface area contributed by atoms with Gasteiger partial charge in [-0.2, -0.15) is 0 Å². The number of anilines is 1. The Morgan fingerprint density at radius 2 is 1.84 bits per heavy atom. The highest BCUT2D eigenvalue weighted by Gasteiger charge is 2.10. The molecule has 0 radical (unpaired) electrons. The van der Waals surface area contributed by atoms with Crippen LogP contribution in [0.4, 0.5) is 14.6 Å². The summed E-state index contributed by atoms with van der Waals surface area (Å²) in [5, 5.41) is 9.02. The SMILES string of the molecule is CCCN(CCO)c1cnc2cc(F)c(F)cc2n1. The van der Waals surface area contributed by atoms with Crippen LogP contribution in [0.25, 0.3) is 11.0 Å². The molecule has 1 aromatic carbocycles. The van der Waals surface area contributed by atoms with Crippen LogP contribution in [0, 0.1) is 11.6 Å². The lowest BCUT2D eigenvalue weighted by atomic mass is 10.3. The molecule has 19 heavy (non-hydrogen) atoms. The van der Waals surface area contributed by atoms with Gasteiger partial charge in [0, 0.05) is 25.2 Å². The van der Waals surface area contributed by atoms with Crippen molar-refractivity contribution in [1.29, 1.82) is 0 Å². The van der Waals surface area contributed by atoms with E-state index < -0.39 is 11.6 Å². The first-order valence-corrected chi connectivity index (χ1v) is 6.13. The van der Waals surface area contributed by atoms with Crippen molar-refractivity contribution in [2.24, 2.45) is 0 Å². The molecule has 2 rings (SSSR count). The molecule has 1 heterocycles. The minimum absolute atomic E-state index is 0.00248. The van der Waals surface area contributed by atoms with Crippen LogP contribution in [-0.4, -0.2) is 34.8 Å². The fourth-order valence-electron chi connectivity index (χ4n) is 1.88. The summed E-state index contributed by atoms with van der Waals surface area (Å²) in [7, 11) is 0. The van der Waals surface area contributed by atoms with Crippen molar-refractivity contribution in [2.75, 3.05) is 24.6 Å². The van der Waals surface area contributed by atoms with Gasteiger partial charge in [0.1, 0.15) is 5.82 Å². The van der Waals surface area contributed by atoms with Crippen LogP contribution in [0.2, 0.25) is 0 Å². The zero-order valence-electron chi connectivity index (χ0n) is 10.6. The van der Waals surface area contributed by atoms with Crippen molar-refractivity contribution in [3.63, 3.8) is 0 Å². The molecule has 102 valence electrons. The maximum atomic E-state index is 13.2. The first-order valence-electron chi connectivity index (χ1n) is 6.13. The molecule has 0 atom stereocenters. The Morgan fingerprint density at radius 3 is 2.47 bits per heavy atom. The summed E-state index contributed by atoms with van der Waals surface area (Å²) in [5.74, 6) is -1.33. The second-order valence-corrected chi connectivity index (χ2v) is 4.19. The molecule has 2 aromatic rings. The van der Waals surface area contributed by atoms with Gasteiger partial charge in [0.05, 0.1) is 23.8 Å². The molecule has 0 amide bonds. The largest absolute Gasteiger partial charge is 0.395 e. The third-order valence-corrected chi connectivity index (χ3v) is 2.76. The molecule has 1 N–H and O–H groups in total. The quantitative estimate of drug-likeness (QED) is 0.901. The first kappa shape index (κ1) is 13.6.